The zero-order valence-electron chi connectivity index (χ0n) is 32.5. The molecule has 59 heavy (non-hydrogen) atoms. The molecule has 10 aromatic rings. The van der Waals surface area contributed by atoms with Crippen molar-refractivity contribution in [2.24, 2.45) is 0 Å². The molecule has 0 fully saturated rings. The fourth-order valence-electron chi connectivity index (χ4n) is 9.45. The molecular formula is C55H36N2O2. The Labute approximate surface area is 342 Å². The van der Waals surface area contributed by atoms with Crippen LogP contribution in [0.25, 0.3) is 88.5 Å². The number of hydrogen-bond donors (Lipinski definition) is 0. The zero-order chi connectivity index (χ0) is 39.2. The molecule has 9 aromatic carbocycles. The molecule has 0 radical (unpaired) electrons. The summed E-state index contributed by atoms with van der Waals surface area (Å²) in [6.45, 7) is 4.56. The molecule has 2 heterocycles. The Kier molecular flexibility index (Phi) is 7.24. The van der Waals surface area contributed by atoms with Crippen LogP contribution in [0.1, 0.15) is 25.0 Å². The summed E-state index contributed by atoms with van der Waals surface area (Å²) in [5.74, 6) is 3.52. The van der Waals surface area contributed by atoms with Crippen LogP contribution >= 0.6 is 0 Å². The minimum absolute atomic E-state index is 0.135. The average molecular weight is 757 g/mol. The van der Waals surface area contributed by atoms with Crippen molar-refractivity contribution >= 4 is 32.3 Å². The molecule has 0 atom stereocenters. The smallest absolute Gasteiger partial charge is 0.178 e. The summed E-state index contributed by atoms with van der Waals surface area (Å²) in [4.78, 5) is 10.5. The van der Waals surface area contributed by atoms with Crippen molar-refractivity contribution in [1.29, 1.82) is 0 Å². The highest BCUT2D eigenvalue weighted by Crippen LogP contribution is 2.59. The van der Waals surface area contributed by atoms with E-state index in [2.05, 4.69) is 178 Å². The van der Waals surface area contributed by atoms with E-state index in [1.807, 2.05) is 18.2 Å². The van der Waals surface area contributed by atoms with Crippen molar-refractivity contribution in [2.45, 2.75) is 19.3 Å². The Bertz CT molecular complexity index is 3330. The third-order valence-electron chi connectivity index (χ3n) is 12.3. The summed E-state index contributed by atoms with van der Waals surface area (Å²) < 4.78 is 13.6. The van der Waals surface area contributed by atoms with Crippen LogP contribution < -0.4 is 9.47 Å². The Morgan fingerprint density at radius 1 is 0.373 bits per heavy atom. The minimum Gasteiger partial charge on any atom is -0.449 e. The molecule has 0 spiro atoms. The normalized spacial score (nSPS) is 13.3. The molecule has 1 aliphatic heterocycles. The predicted octanol–water partition coefficient (Wildman–Crippen LogP) is 14.8. The van der Waals surface area contributed by atoms with Crippen LogP contribution in [-0.4, -0.2) is 9.97 Å². The predicted molar refractivity (Wildman–Crippen MR) is 240 cm³/mol. The van der Waals surface area contributed by atoms with Gasteiger partial charge in [-0.3, -0.25) is 0 Å². The van der Waals surface area contributed by atoms with E-state index in [0.717, 1.165) is 50.5 Å². The Balaban J connectivity index is 0.975. The first-order valence-electron chi connectivity index (χ1n) is 20.1. The van der Waals surface area contributed by atoms with Crippen LogP contribution in [-0.2, 0) is 5.41 Å². The number of nitrogens with zero attached hydrogens (tertiary/aromatic N) is 2. The van der Waals surface area contributed by atoms with Gasteiger partial charge < -0.3 is 9.47 Å². The molecule has 2 aliphatic rings. The van der Waals surface area contributed by atoms with Crippen LogP contribution in [0.15, 0.2) is 182 Å². The van der Waals surface area contributed by atoms with Gasteiger partial charge in [0.05, 0.1) is 11.4 Å². The van der Waals surface area contributed by atoms with Gasteiger partial charge in [0.15, 0.2) is 28.8 Å². The molecule has 0 bridgehead atoms. The summed E-state index contributed by atoms with van der Waals surface area (Å²) in [5.41, 5.74) is 11.3. The number of para-hydroxylation sites is 1. The molecule has 0 amide bonds. The van der Waals surface area contributed by atoms with Crippen LogP contribution in [0.4, 0.5) is 0 Å². The molecule has 0 saturated heterocycles. The van der Waals surface area contributed by atoms with Gasteiger partial charge in [-0.2, -0.15) is 0 Å². The van der Waals surface area contributed by atoms with E-state index in [9.17, 15) is 0 Å². The van der Waals surface area contributed by atoms with Gasteiger partial charge in [-0.25, -0.2) is 9.97 Å². The lowest BCUT2D eigenvalue weighted by atomic mass is 9.82. The largest absolute Gasteiger partial charge is 0.449 e. The van der Waals surface area contributed by atoms with E-state index >= 15 is 0 Å². The minimum atomic E-state index is -0.135. The molecule has 0 saturated carbocycles. The van der Waals surface area contributed by atoms with E-state index < -0.39 is 0 Å². The van der Waals surface area contributed by atoms with E-state index in [-0.39, 0.29) is 5.41 Å². The SMILES string of the molecule is CC1(C)c2ccccc2-c2c1ccc1c2Oc2cccc(-c3cccc(-c4nc(-c5ccccc5)cc(-c5ccc6c7ccccc7c7ccccc7c6c5)n4)c3)c2O1. The maximum absolute atomic E-state index is 6.81. The highest BCUT2D eigenvalue weighted by atomic mass is 16.6. The van der Waals surface area contributed by atoms with Crippen LogP contribution in [0.3, 0.4) is 0 Å². The first kappa shape index (κ1) is 33.6. The van der Waals surface area contributed by atoms with Crippen LogP contribution in [0.2, 0.25) is 0 Å². The lowest BCUT2D eigenvalue weighted by molar-refractivity contribution is 0.361. The fourth-order valence-corrected chi connectivity index (χ4v) is 9.45. The quantitative estimate of drug-likeness (QED) is 0.168. The van der Waals surface area contributed by atoms with E-state index in [0.29, 0.717) is 23.1 Å². The second-order valence-corrected chi connectivity index (χ2v) is 16.1. The van der Waals surface area contributed by atoms with Gasteiger partial charge in [0, 0.05) is 33.2 Å². The monoisotopic (exact) mass is 756 g/mol. The Morgan fingerprint density at radius 3 is 1.73 bits per heavy atom. The number of rotatable bonds is 4. The lowest BCUT2D eigenvalue weighted by Gasteiger charge is -2.26. The van der Waals surface area contributed by atoms with Crippen LogP contribution in [0.5, 0.6) is 23.0 Å². The number of fused-ring (bicyclic) bond motifs is 12. The van der Waals surface area contributed by atoms with Gasteiger partial charge in [0.25, 0.3) is 0 Å². The number of benzene rings is 9. The summed E-state index contributed by atoms with van der Waals surface area (Å²) in [5, 5.41) is 7.42. The van der Waals surface area contributed by atoms with E-state index in [1.54, 1.807) is 0 Å². The number of aromatic nitrogens is 2. The van der Waals surface area contributed by atoms with Crippen molar-refractivity contribution in [3.63, 3.8) is 0 Å². The summed E-state index contributed by atoms with van der Waals surface area (Å²) in [6, 6.07) is 64.0. The standard InChI is InChI=1S/C55H36N2O2/c1-55(2)45-24-11-10-22-43(45)51-46(55)28-29-50-53(51)59-49-25-13-23-37(52(49)58-50)34-16-12-17-36(30-34)54-56-47(33-14-4-3-5-15-33)32-48(57-54)35-26-27-42-40-20-7-6-18-38(40)39-19-8-9-21-41(39)44(42)31-35/h3-32H,1-2H3. The Hall–Kier alpha value is -7.56. The molecule has 278 valence electrons. The van der Waals surface area contributed by atoms with Crippen molar-refractivity contribution in [3.05, 3.63) is 193 Å². The van der Waals surface area contributed by atoms with Gasteiger partial charge in [-0.15, -0.1) is 0 Å². The highest BCUT2D eigenvalue weighted by molar-refractivity contribution is 6.25. The number of ether oxygens (including phenoxy) is 2. The molecule has 1 aliphatic carbocycles. The summed E-state index contributed by atoms with van der Waals surface area (Å²) in [6.07, 6.45) is 0. The van der Waals surface area contributed by atoms with Gasteiger partial charge in [0.2, 0.25) is 0 Å². The Morgan fingerprint density at radius 2 is 0.949 bits per heavy atom. The molecule has 12 rings (SSSR count). The topological polar surface area (TPSA) is 44.2 Å². The highest BCUT2D eigenvalue weighted by Gasteiger charge is 2.39. The summed E-state index contributed by atoms with van der Waals surface area (Å²) >= 11 is 0. The summed E-state index contributed by atoms with van der Waals surface area (Å²) in [7, 11) is 0. The van der Waals surface area contributed by atoms with Crippen molar-refractivity contribution in [3.8, 4) is 79.2 Å². The van der Waals surface area contributed by atoms with Crippen molar-refractivity contribution in [1.82, 2.24) is 9.97 Å². The molecule has 0 N–H and O–H groups in total. The second-order valence-electron chi connectivity index (χ2n) is 16.1. The van der Waals surface area contributed by atoms with Gasteiger partial charge in [0.1, 0.15) is 0 Å². The van der Waals surface area contributed by atoms with E-state index in [1.165, 1.54) is 49.0 Å². The lowest BCUT2D eigenvalue weighted by Crippen LogP contribution is -2.15. The van der Waals surface area contributed by atoms with Crippen molar-refractivity contribution in [2.75, 3.05) is 0 Å². The van der Waals surface area contributed by atoms with Gasteiger partial charge in [-0.1, -0.05) is 166 Å². The first-order valence-corrected chi connectivity index (χ1v) is 20.1. The second kappa shape index (κ2) is 12.7. The molecule has 0 unspecified atom stereocenters. The average Bonchev–Trinajstić information content (AvgIpc) is 3.54. The van der Waals surface area contributed by atoms with Gasteiger partial charge in [-0.05, 0) is 84.9 Å². The maximum atomic E-state index is 6.81. The molecule has 1 aromatic heterocycles. The van der Waals surface area contributed by atoms with Gasteiger partial charge >= 0.3 is 0 Å². The third-order valence-corrected chi connectivity index (χ3v) is 12.3. The first-order chi connectivity index (χ1) is 29.0. The molecular weight excluding hydrogens is 721 g/mol. The van der Waals surface area contributed by atoms with Crippen molar-refractivity contribution < 1.29 is 9.47 Å². The fraction of sp³-hybridized carbons (Fsp3) is 0.0545. The van der Waals surface area contributed by atoms with Crippen LogP contribution in [0, 0.1) is 0 Å². The van der Waals surface area contributed by atoms with E-state index in [4.69, 9.17) is 19.4 Å². The maximum Gasteiger partial charge on any atom is 0.178 e. The zero-order valence-corrected chi connectivity index (χ0v) is 32.5. The third kappa shape index (κ3) is 5.16. The number of hydrogen-bond acceptors (Lipinski definition) is 4. The molecule has 4 nitrogen and oxygen atoms in total. The molecule has 4 heteroatoms.